The van der Waals surface area contributed by atoms with Gasteiger partial charge < -0.3 is 4.52 Å². The second kappa shape index (κ2) is 6.62. The predicted molar refractivity (Wildman–Crippen MR) is 89.9 cm³/mol. The molecule has 0 bridgehead atoms. The number of rotatable bonds is 4. The van der Waals surface area contributed by atoms with Crippen LogP contribution in [0.2, 0.25) is 0 Å². The topological polar surface area (TPSA) is 76.3 Å². The number of nitrogens with zero attached hydrogens (tertiary/aromatic N) is 3. The van der Waals surface area contributed by atoms with Crippen molar-refractivity contribution in [1.29, 1.82) is 0 Å². The van der Waals surface area contributed by atoms with Gasteiger partial charge in [0.1, 0.15) is 0 Å². The molecule has 8 heteroatoms. The van der Waals surface area contributed by atoms with Gasteiger partial charge in [0.2, 0.25) is 21.7 Å². The fourth-order valence-corrected chi connectivity index (χ4v) is 4.02. The van der Waals surface area contributed by atoms with Crippen molar-refractivity contribution in [3.05, 3.63) is 30.2 Å². The van der Waals surface area contributed by atoms with Crippen LogP contribution in [-0.2, 0) is 10.0 Å². The van der Waals surface area contributed by atoms with Crippen molar-refractivity contribution in [1.82, 2.24) is 14.4 Å². The molecular weight excluding hydrogens is 334 g/mol. The summed E-state index contributed by atoms with van der Waals surface area (Å²) >= 11 is 1.68. The van der Waals surface area contributed by atoms with E-state index in [2.05, 4.69) is 10.1 Å². The van der Waals surface area contributed by atoms with Crippen molar-refractivity contribution in [3.8, 4) is 11.4 Å². The monoisotopic (exact) mass is 353 g/mol. The van der Waals surface area contributed by atoms with Gasteiger partial charge in [0, 0.05) is 23.5 Å². The third-order valence-electron chi connectivity index (χ3n) is 3.99. The zero-order valence-electron chi connectivity index (χ0n) is 13.1. The van der Waals surface area contributed by atoms with Gasteiger partial charge in [-0.2, -0.15) is 4.98 Å². The average Bonchev–Trinajstić information content (AvgIpc) is 3.04. The lowest BCUT2D eigenvalue weighted by Crippen LogP contribution is -2.38. The molecule has 0 aliphatic carbocycles. The number of sulfonamides is 1. The van der Waals surface area contributed by atoms with Gasteiger partial charge in [0.15, 0.2) is 0 Å². The highest BCUT2D eigenvalue weighted by Gasteiger charge is 2.30. The highest BCUT2D eigenvalue weighted by Crippen LogP contribution is 2.29. The van der Waals surface area contributed by atoms with Gasteiger partial charge in [-0.05, 0) is 43.4 Å². The van der Waals surface area contributed by atoms with E-state index in [1.165, 1.54) is 15.5 Å². The second-order valence-electron chi connectivity index (χ2n) is 5.64. The zero-order valence-corrected chi connectivity index (χ0v) is 14.7. The number of hydrogen-bond donors (Lipinski definition) is 0. The molecule has 1 aliphatic rings. The van der Waals surface area contributed by atoms with Gasteiger partial charge in [-0.3, -0.25) is 0 Å². The Balaban J connectivity index is 1.78. The Hall–Kier alpha value is -1.38. The van der Waals surface area contributed by atoms with E-state index >= 15 is 0 Å². The van der Waals surface area contributed by atoms with Gasteiger partial charge in [0.25, 0.3) is 0 Å². The van der Waals surface area contributed by atoms with Crippen LogP contribution in [0.25, 0.3) is 11.4 Å². The first-order valence-corrected chi connectivity index (χ1v) is 10.5. The molecule has 1 saturated heterocycles. The van der Waals surface area contributed by atoms with E-state index in [9.17, 15) is 8.42 Å². The quantitative estimate of drug-likeness (QED) is 0.787. The van der Waals surface area contributed by atoms with E-state index in [1.807, 2.05) is 30.5 Å². The molecular formula is C15H19N3O3S2. The number of aromatic nitrogens is 2. The van der Waals surface area contributed by atoms with E-state index in [4.69, 9.17) is 4.52 Å². The molecule has 0 amide bonds. The standard InChI is InChI=1S/C15H19N3O3S2/c1-22-13-7-5-11(6-8-13)14-16-15(21-17-14)12-4-3-9-18(10-12)23(2,19)20/h5-8,12H,3-4,9-10H2,1-2H3/t12-/m0/s1. The molecule has 23 heavy (non-hydrogen) atoms. The Morgan fingerprint density at radius 3 is 2.70 bits per heavy atom. The number of piperidine rings is 1. The summed E-state index contributed by atoms with van der Waals surface area (Å²) in [5, 5.41) is 4.04. The van der Waals surface area contributed by atoms with Crippen LogP contribution in [0.4, 0.5) is 0 Å². The SMILES string of the molecule is CSc1ccc(-c2noc([C@H]3CCCN(S(C)(=O)=O)C3)n2)cc1. The normalized spacial score (nSPS) is 19.8. The van der Waals surface area contributed by atoms with Crippen LogP contribution < -0.4 is 0 Å². The lowest BCUT2D eigenvalue weighted by Gasteiger charge is -2.28. The molecule has 1 fully saturated rings. The Morgan fingerprint density at radius 1 is 1.30 bits per heavy atom. The van der Waals surface area contributed by atoms with Crippen molar-refractivity contribution in [2.75, 3.05) is 25.6 Å². The van der Waals surface area contributed by atoms with Gasteiger partial charge >= 0.3 is 0 Å². The van der Waals surface area contributed by atoms with Crippen molar-refractivity contribution < 1.29 is 12.9 Å². The summed E-state index contributed by atoms with van der Waals surface area (Å²) in [6.45, 7) is 0.971. The molecule has 3 rings (SSSR count). The first kappa shape index (κ1) is 16.5. The van der Waals surface area contributed by atoms with Gasteiger partial charge in [-0.1, -0.05) is 5.16 Å². The zero-order chi connectivity index (χ0) is 16.4. The number of thioether (sulfide) groups is 1. The van der Waals surface area contributed by atoms with E-state index in [-0.39, 0.29) is 5.92 Å². The van der Waals surface area contributed by atoms with E-state index < -0.39 is 10.0 Å². The molecule has 2 heterocycles. The van der Waals surface area contributed by atoms with Crippen LogP contribution in [0, 0.1) is 0 Å². The first-order valence-electron chi connectivity index (χ1n) is 7.40. The maximum Gasteiger partial charge on any atom is 0.231 e. The average molecular weight is 353 g/mol. The highest BCUT2D eigenvalue weighted by atomic mass is 32.2. The molecule has 1 atom stereocenters. The van der Waals surface area contributed by atoms with Crippen molar-refractivity contribution in [3.63, 3.8) is 0 Å². The fourth-order valence-electron chi connectivity index (χ4n) is 2.70. The summed E-state index contributed by atoms with van der Waals surface area (Å²) in [5.74, 6) is 1.02. The minimum absolute atomic E-state index is 0.0369. The van der Waals surface area contributed by atoms with Gasteiger partial charge in [0.05, 0.1) is 12.2 Å². The Morgan fingerprint density at radius 2 is 2.04 bits per heavy atom. The Kier molecular flexibility index (Phi) is 4.74. The fraction of sp³-hybridized carbons (Fsp3) is 0.467. The summed E-state index contributed by atoms with van der Waals surface area (Å²) < 4.78 is 30.3. The summed E-state index contributed by atoms with van der Waals surface area (Å²) in [6.07, 6.45) is 4.93. The Labute approximate surface area is 140 Å². The van der Waals surface area contributed by atoms with Gasteiger partial charge in [-0.25, -0.2) is 12.7 Å². The van der Waals surface area contributed by atoms with Crippen molar-refractivity contribution in [2.45, 2.75) is 23.7 Å². The maximum absolute atomic E-state index is 11.7. The summed E-state index contributed by atoms with van der Waals surface area (Å²) in [7, 11) is -3.18. The minimum atomic E-state index is -3.18. The number of benzene rings is 1. The van der Waals surface area contributed by atoms with Gasteiger partial charge in [-0.15, -0.1) is 11.8 Å². The molecule has 0 spiro atoms. The van der Waals surface area contributed by atoms with E-state index in [0.717, 1.165) is 18.4 Å². The van der Waals surface area contributed by atoms with Crippen molar-refractivity contribution in [2.24, 2.45) is 0 Å². The predicted octanol–water partition coefficient (Wildman–Crippen LogP) is 2.60. The molecule has 0 unspecified atom stereocenters. The largest absolute Gasteiger partial charge is 0.339 e. The van der Waals surface area contributed by atoms with Crippen LogP contribution >= 0.6 is 11.8 Å². The van der Waals surface area contributed by atoms with Crippen LogP contribution in [-0.4, -0.2) is 48.5 Å². The third-order valence-corrected chi connectivity index (χ3v) is 6.01. The van der Waals surface area contributed by atoms with Crippen LogP contribution in [0.1, 0.15) is 24.7 Å². The molecule has 6 nitrogen and oxygen atoms in total. The highest BCUT2D eigenvalue weighted by molar-refractivity contribution is 7.98. The molecule has 0 radical (unpaired) electrons. The summed E-state index contributed by atoms with van der Waals surface area (Å²) in [4.78, 5) is 5.64. The first-order chi connectivity index (χ1) is 11.0. The molecule has 124 valence electrons. The lowest BCUT2D eigenvalue weighted by molar-refractivity contribution is 0.266. The van der Waals surface area contributed by atoms with E-state index in [1.54, 1.807) is 11.8 Å². The maximum atomic E-state index is 11.7. The van der Waals surface area contributed by atoms with E-state index in [0.29, 0.717) is 24.8 Å². The number of hydrogen-bond acceptors (Lipinski definition) is 6. The Bertz CT molecular complexity index is 772. The smallest absolute Gasteiger partial charge is 0.231 e. The van der Waals surface area contributed by atoms with Crippen LogP contribution in [0.5, 0.6) is 0 Å². The van der Waals surface area contributed by atoms with Crippen LogP contribution in [0.3, 0.4) is 0 Å². The summed E-state index contributed by atoms with van der Waals surface area (Å²) in [5.41, 5.74) is 0.897. The molecule has 1 aromatic carbocycles. The molecule has 0 saturated carbocycles. The third kappa shape index (κ3) is 3.76. The molecule has 2 aromatic rings. The molecule has 1 aliphatic heterocycles. The van der Waals surface area contributed by atoms with Crippen LogP contribution in [0.15, 0.2) is 33.7 Å². The molecule has 0 N–H and O–H groups in total. The lowest BCUT2D eigenvalue weighted by atomic mass is 10.00. The summed E-state index contributed by atoms with van der Waals surface area (Å²) in [6, 6.07) is 7.96. The minimum Gasteiger partial charge on any atom is -0.339 e. The second-order valence-corrected chi connectivity index (χ2v) is 8.51. The molecule has 1 aromatic heterocycles. The van der Waals surface area contributed by atoms with Crippen molar-refractivity contribution >= 4 is 21.8 Å².